The molecule has 0 fully saturated rings. The van der Waals surface area contributed by atoms with Crippen molar-refractivity contribution in [2.75, 3.05) is 13.6 Å². The molecule has 3 rings (SSSR count). The third kappa shape index (κ3) is 5.63. The number of nitrogens with zero attached hydrogens (tertiary/aromatic N) is 2. The van der Waals surface area contributed by atoms with Gasteiger partial charge >= 0.3 is 0 Å². The van der Waals surface area contributed by atoms with Crippen LogP contribution in [0.4, 0.5) is 0 Å². The first-order valence-electron chi connectivity index (χ1n) is 9.06. The minimum atomic E-state index is -3.46. The maximum absolute atomic E-state index is 12.0. The zero-order chi connectivity index (χ0) is 20.7. The number of aromatic nitrogens is 2. The molecule has 0 saturated heterocycles. The van der Waals surface area contributed by atoms with E-state index >= 15 is 0 Å². The predicted octanol–water partition coefficient (Wildman–Crippen LogP) is 2.15. The Labute approximate surface area is 170 Å². The van der Waals surface area contributed by atoms with Gasteiger partial charge in [-0.25, -0.2) is 17.8 Å². The molecule has 0 spiro atoms. The van der Waals surface area contributed by atoms with E-state index in [4.69, 9.17) is 0 Å². The van der Waals surface area contributed by atoms with Gasteiger partial charge in [-0.1, -0.05) is 30.3 Å². The highest BCUT2D eigenvalue weighted by molar-refractivity contribution is 7.89. The van der Waals surface area contributed by atoms with Crippen molar-refractivity contribution < 1.29 is 13.2 Å². The number of hydrogen-bond acceptors (Lipinski definition) is 4. The van der Waals surface area contributed by atoms with Gasteiger partial charge in [0.15, 0.2) is 0 Å². The Balaban J connectivity index is 1.48. The lowest BCUT2D eigenvalue weighted by Crippen LogP contribution is -2.23. The van der Waals surface area contributed by atoms with E-state index in [1.165, 1.54) is 25.3 Å². The van der Waals surface area contributed by atoms with Gasteiger partial charge in [0, 0.05) is 18.8 Å². The number of hydrogen-bond donors (Lipinski definition) is 2. The highest BCUT2D eigenvalue weighted by Gasteiger charge is 2.09. The molecule has 2 N–H and O–H groups in total. The fraction of sp³-hybridized carbons (Fsp3) is 0.143. The molecule has 29 heavy (non-hydrogen) atoms. The van der Waals surface area contributed by atoms with Crippen LogP contribution in [0.1, 0.15) is 11.1 Å². The molecule has 0 atom stereocenters. The summed E-state index contributed by atoms with van der Waals surface area (Å²) < 4.78 is 27.5. The van der Waals surface area contributed by atoms with Gasteiger partial charge in [-0.15, -0.1) is 0 Å². The highest BCUT2D eigenvalue weighted by Crippen LogP contribution is 2.11. The Morgan fingerprint density at radius 3 is 2.52 bits per heavy atom. The normalized spacial score (nSPS) is 11.6. The summed E-state index contributed by atoms with van der Waals surface area (Å²) in [6, 6.07) is 16.1. The number of rotatable bonds is 8. The zero-order valence-electron chi connectivity index (χ0n) is 15.9. The summed E-state index contributed by atoms with van der Waals surface area (Å²) in [4.78, 5) is 12.2. The van der Waals surface area contributed by atoms with E-state index in [1.807, 2.05) is 36.5 Å². The van der Waals surface area contributed by atoms with Gasteiger partial charge in [-0.2, -0.15) is 5.10 Å². The Kier molecular flexibility index (Phi) is 6.58. The molecule has 0 bridgehead atoms. The smallest absolute Gasteiger partial charge is 0.244 e. The van der Waals surface area contributed by atoms with E-state index in [9.17, 15) is 13.2 Å². The summed E-state index contributed by atoms with van der Waals surface area (Å²) in [6.45, 7) is 0.489. The third-order valence-corrected chi connectivity index (χ3v) is 5.69. The first-order valence-corrected chi connectivity index (χ1v) is 10.5. The van der Waals surface area contributed by atoms with Crippen LogP contribution < -0.4 is 10.0 Å². The number of sulfonamides is 1. The minimum absolute atomic E-state index is 0.178. The van der Waals surface area contributed by atoms with Gasteiger partial charge in [0.2, 0.25) is 15.9 Å². The monoisotopic (exact) mass is 410 g/mol. The fourth-order valence-corrected chi connectivity index (χ4v) is 3.38. The van der Waals surface area contributed by atoms with Crippen LogP contribution in [0, 0.1) is 0 Å². The average Bonchev–Trinajstić information content (AvgIpc) is 3.22. The molecular formula is C21H22N4O3S. The van der Waals surface area contributed by atoms with Gasteiger partial charge in [0.1, 0.15) is 0 Å². The molecule has 0 unspecified atom stereocenters. The molecule has 0 aliphatic carbocycles. The van der Waals surface area contributed by atoms with Crippen LogP contribution >= 0.6 is 0 Å². The lowest BCUT2D eigenvalue weighted by atomic mass is 10.2. The Bertz CT molecular complexity index is 1090. The van der Waals surface area contributed by atoms with Gasteiger partial charge in [0.05, 0.1) is 16.8 Å². The Morgan fingerprint density at radius 2 is 1.83 bits per heavy atom. The molecule has 3 aromatic rings. The number of benzene rings is 2. The van der Waals surface area contributed by atoms with Crippen molar-refractivity contribution in [1.82, 2.24) is 19.8 Å². The van der Waals surface area contributed by atoms with E-state index in [1.54, 1.807) is 29.1 Å². The Hall–Kier alpha value is -3.23. The van der Waals surface area contributed by atoms with Crippen LogP contribution in [0.5, 0.6) is 0 Å². The molecule has 0 aliphatic heterocycles. The standard InChI is InChI=1S/C21H22N4O3S/c1-22-29(27,28)20-10-7-17(8-11-20)9-12-21(26)23-14-13-18-15-24-25(16-18)19-5-3-2-4-6-19/h2-12,15-16,22H,13-14H2,1H3,(H,23,26)/b12-9+. The first kappa shape index (κ1) is 20.5. The summed E-state index contributed by atoms with van der Waals surface area (Å²) in [7, 11) is -2.10. The second kappa shape index (κ2) is 9.31. The molecule has 7 nitrogen and oxygen atoms in total. The summed E-state index contributed by atoms with van der Waals surface area (Å²) in [5, 5.41) is 7.16. The SMILES string of the molecule is CNS(=O)(=O)c1ccc(/C=C/C(=O)NCCc2cnn(-c3ccccc3)c2)cc1. The summed E-state index contributed by atoms with van der Waals surface area (Å²) in [5.41, 5.74) is 2.75. The number of nitrogens with one attached hydrogen (secondary N) is 2. The summed E-state index contributed by atoms with van der Waals surface area (Å²) in [5.74, 6) is -0.215. The van der Waals surface area contributed by atoms with Gasteiger partial charge in [-0.3, -0.25) is 4.79 Å². The summed E-state index contributed by atoms with van der Waals surface area (Å²) >= 11 is 0. The van der Waals surface area contributed by atoms with Crippen molar-refractivity contribution >= 4 is 22.0 Å². The van der Waals surface area contributed by atoms with E-state index < -0.39 is 10.0 Å². The molecule has 8 heteroatoms. The second-order valence-electron chi connectivity index (χ2n) is 6.28. The van der Waals surface area contributed by atoms with Crippen LogP contribution in [0.25, 0.3) is 11.8 Å². The van der Waals surface area contributed by atoms with Crippen LogP contribution in [0.15, 0.2) is 78.0 Å². The van der Waals surface area contributed by atoms with Gasteiger partial charge in [0.25, 0.3) is 0 Å². The largest absolute Gasteiger partial charge is 0.352 e. The molecule has 0 aliphatic rings. The number of carbonyl (C=O) groups excluding carboxylic acids is 1. The summed E-state index contributed by atoms with van der Waals surface area (Å²) in [6.07, 6.45) is 7.46. The highest BCUT2D eigenvalue weighted by atomic mass is 32.2. The van der Waals surface area contributed by atoms with Crippen molar-refractivity contribution in [3.63, 3.8) is 0 Å². The average molecular weight is 410 g/mol. The van der Waals surface area contributed by atoms with Crippen molar-refractivity contribution in [3.8, 4) is 5.69 Å². The molecule has 1 aromatic heterocycles. The van der Waals surface area contributed by atoms with Crippen LogP contribution in [-0.4, -0.2) is 37.7 Å². The van der Waals surface area contributed by atoms with E-state index in [0.29, 0.717) is 13.0 Å². The van der Waals surface area contributed by atoms with Crippen LogP contribution in [0.3, 0.4) is 0 Å². The van der Waals surface area contributed by atoms with E-state index in [-0.39, 0.29) is 10.8 Å². The molecule has 1 amide bonds. The van der Waals surface area contributed by atoms with E-state index in [2.05, 4.69) is 15.1 Å². The van der Waals surface area contributed by atoms with Crippen molar-refractivity contribution in [2.45, 2.75) is 11.3 Å². The first-order chi connectivity index (χ1) is 14.0. The maximum Gasteiger partial charge on any atom is 0.244 e. The topological polar surface area (TPSA) is 93.1 Å². The molecule has 0 radical (unpaired) electrons. The van der Waals surface area contributed by atoms with Crippen molar-refractivity contribution in [2.24, 2.45) is 0 Å². The number of para-hydroxylation sites is 1. The third-order valence-electron chi connectivity index (χ3n) is 4.26. The lowest BCUT2D eigenvalue weighted by molar-refractivity contribution is -0.116. The zero-order valence-corrected chi connectivity index (χ0v) is 16.8. The van der Waals surface area contributed by atoms with Crippen LogP contribution in [0.2, 0.25) is 0 Å². The number of carbonyl (C=O) groups is 1. The minimum Gasteiger partial charge on any atom is -0.352 e. The predicted molar refractivity (Wildman–Crippen MR) is 112 cm³/mol. The van der Waals surface area contributed by atoms with Crippen molar-refractivity contribution in [3.05, 3.63) is 84.2 Å². The van der Waals surface area contributed by atoms with Gasteiger partial charge in [-0.05, 0) is 54.9 Å². The Morgan fingerprint density at radius 1 is 1.10 bits per heavy atom. The lowest BCUT2D eigenvalue weighted by Gasteiger charge is -2.03. The van der Waals surface area contributed by atoms with Crippen LogP contribution in [-0.2, 0) is 21.2 Å². The number of amides is 1. The molecule has 2 aromatic carbocycles. The molecule has 150 valence electrons. The second-order valence-corrected chi connectivity index (χ2v) is 8.17. The maximum atomic E-state index is 12.0. The van der Waals surface area contributed by atoms with Crippen molar-refractivity contribution in [1.29, 1.82) is 0 Å². The van der Waals surface area contributed by atoms with Gasteiger partial charge < -0.3 is 5.32 Å². The fourth-order valence-electron chi connectivity index (χ4n) is 2.65. The molecule has 0 saturated carbocycles. The molecule has 1 heterocycles. The van der Waals surface area contributed by atoms with E-state index in [0.717, 1.165) is 16.8 Å². The quantitative estimate of drug-likeness (QED) is 0.557. The molecular weight excluding hydrogens is 388 g/mol.